The van der Waals surface area contributed by atoms with Crippen LogP contribution >= 0.6 is 22.9 Å². The Morgan fingerprint density at radius 1 is 1.11 bits per heavy atom. The van der Waals surface area contributed by atoms with Gasteiger partial charge in [-0.2, -0.15) is 5.10 Å². The molecule has 8 heteroatoms. The summed E-state index contributed by atoms with van der Waals surface area (Å²) in [5.74, 6) is -0.638. The summed E-state index contributed by atoms with van der Waals surface area (Å²) >= 11 is 7.49. The average molecular weight is 399 g/mol. The predicted molar refractivity (Wildman–Crippen MR) is 104 cm³/mol. The molecule has 0 saturated heterocycles. The summed E-state index contributed by atoms with van der Waals surface area (Å²) in [6, 6.07) is 15.0. The third-order valence-corrected chi connectivity index (χ3v) is 5.27. The maximum Gasteiger partial charge on any atom is 0.265 e. The maximum absolute atomic E-state index is 14.0. The largest absolute Gasteiger partial charge is 0.319 e. The molecule has 2 heterocycles. The zero-order valence-electron chi connectivity index (χ0n) is 13.8. The molecule has 2 aromatic carbocycles. The molecular formula is C19H12ClFN4OS. The van der Waals surface area contributed by atoms with Gasteiger partial charge in [0.25, 0.3) is 5.91 Å². The number of amides is 1. The minimum Gasteiger partial charge on any atom is -0.319 e. The van der Waals surface area contributed by atoms with Crippen LogP contribution in [0.3, 0.4) is 0 Å². The fourth-order valence-corrected chi connectivity index (χ4v) is 3.81. The van der Waals surface area contributed by atoms with Crippen LogP contribution in [0.1, 0.15) is 9.67 Å². The highest BCUT2D eigenvalue weighted by Crippen LogP contribution is 2.32. The van der Waals surface area contributed by atoms with E-state index in [9.17, 15) is 9.18 Å². The van der Waals surface area contributed by atoms with Crippen molar-refractivity contribution in [2.24, 2.45) is 0 Å². The van der Waals surface area contributed by atoms with Gasteiger partial charge >= 0.3 is 0 Å². The first kappa shape index (κ1) is 17.4. The van der Waals surface area contributed by atoms with Crippen molar-refractivity contribution in [2.75, 3.05) is 5.32 Å². The minimum absolute atomic E-state index is 0.314. The van der Waals surface area contributed by atoms with E-state index in [0.29, 0.717) is 31.7 Å². The molecule has 1 N–H and O–H groups in total. The Morgan fingerprint density at radius 3 is 2.74 bits per heavy atom. The van der Waals surface area contributed by atoms with Gasteiger partial charge in [0.15, 0.2) is 0 Å². The highest BCUT2D eigenvalue weighted by molar-refractivity contribution is 7.17. The summed E-state index contributed by atoms with van der Waals surface area (Å²) < 4.78 is 15.4. The molecule has 4 aromatic rings. The smallest absolute Gasteiger partial charge is 0.265 e. The van der Waals surface area contributed by atoms with Crippen molar-refractivity contribution in [3.63, 3.8) is 0 Å². The molecule has 134 valence electrons. The van der Waals surface area contributed by atoms with Gasteiger partial charge in [-0.1, -0.05) is 35.9 Å². The quantitative estimate of drug-likeness (QED) is 0.523. The van der Waals surface area contributed by atoms with Crippen LogP contribution in [0.15, 0.2) is 67.3 Å². The van der Waals surface area contributed by atoms with Crippen molar-refractivity contribution in [2.45, 2.75) is 0 Å². The molecule has 0 aliphatic heterocycles. The topological polar surface area (TPSA) is 59.8 Å². The molecule has 4 rings (SSSR count). The standard InChI is InChI=1S/C19H12ClFN4OS/c20-13-5-3-7-15(18(13)25-11-22-10-23-25)24-19(26)17-9-8-16(27-17)12-4-1-2-6-14(12)21/h1-11H,(H,24,26). The Balaban J connectivity index is 1.63. The Bertz CT molecular complexity index is 1110. The Hall–Kier alpha value is -3.03. The van der Waals surface area contributed by atoms with Gasteiger partial charge < -0.3 is 5.32 Å². The Morgan fingerprint density at radius 2 is 1.96 bits per heavy atom. The molecule has 0 aliphatic rings. The second-order valence-electron chi connectivity index (χ2n) is 5.57. The number of para-hydroxylation sites is 1. The van der Waals surface area contributed by atoms with Crippen molar-refractivity contribution in [3.05, 3.63) is 83.0 Å². The van der Waals surface area contributed by atoms with E-state index in [1.165, 1.54) is 34.7 Å². The molecule has 2 aromatic heterocycles. The van der Waals surface area contributed by atoms with E-state index in [-0.39, 0.29) is 11.7 Å². The van der Waals surface area contributed by atoms with Crippen molar-refractivity contribution in [1.29, 1.82) is 0 Å². The van der Waals surface area contributed by atoms with Crippen LogP contribution < -0.4 is 5.32 Å². The van der Waals surface area contributed by atoms with Gasteiger partial charge in [-0.3, -0.25) is 4.79 Å². The minimum atomic E-state index is -0.324. The fourth-order valence-electron chi connectivity index (χ4n) is 2.62. The van der Waals surface area contributed by atoms with Crippen molar-refractivity contribution >= 4 is 34.5 Å². The lowest BCUT2D eigenvalue weighted by molar-refractivity contribution is 0.103. The number of thiophene rings is 1. The number of aromatic nitrogens is 3. The summed E-state index contributed by atoms with van der Waals surface area (Å²) in [5.41, 5.74) is 1.49. The molecule has 0 spiro atoms. The molecule has 0 fully saturated rings. The van der Waals surface area contributed by atoms with E-state index >= 15 is 0 Å². The molecule has 0 unspecified atom stereocenters. The third-order valence-electron chi connectivity index (χ3n) is 3.85. The van der Waals surface area contributed by atoms with Gasteiger partial charge in [0.05, 0.1) is 15.6 Å². The first-order valence-electron chi connectivity index (χ1n) is 7.93. The number of carbonyl (C=O) groups is 1. The number of rotatable bonds is 4. The average Bonchev–Trinajstić information content (AvgIpc) is 3.34. The summed E-state index contributed by atoms with van der Waals surface area (Å²) in [6.07, 6.45) is 2.88. The molecule has 5 nitrogen and oxygen atoms in total. The highest BCUT2D eigenvalue weighted by Gasteiger charge is 2.16. The zero-order valence-corrected chi connectivity index (χ0v) is 15.3. The van der Waals surface area contributed by atoms with E-state index in [4.69, 9.17) is 11.6 Å². The van der Waals surface area contributed by atoms with Gasteiger partial charge in [0.1, 0.15) is 24.2 Å². The number of benzene rings is 2. The van der Waals surface area contributed by atoms with Crippen LogP contribution in [-0.2, 0) is 0 Å². The first-order chi connectivity index (χ1) is 13.1. The molecule has 0 saturated carbocycles. The Kier molecular flexibility index (Phi) is 4.70. The second kappa shape index (κ2) is 7.30. The monoisotopic (exact) mass is 398 g/mol. The number of nitrogens with one attached hydrogen (secondary N) is 1. The van der Waals surface area contributed by atoms with Crippen molar-refractivity contribution in [3.8, 4) is 16.1 Å². The summed E-state index contributed by atoms with van der Waals surface area (Å²) in [4.78, 5) is 17.7. The number of nitrogens with zero attached hydrogens (tertiary/aromatic N) is 3. The molecule has 0 atom stereocenters. The lowest BCUT2D eigenvalue weighted by atomic mass is 10.2. The molecule has 0 radical (unpaired) electrons. The second-order valence-corrected chi connectivity index (χ2v) is 7.06. The maximum atomic E-state index is 14.0. The molecular weight excluding hydrogens is 387 g/mol. The molecule has 1 amide bonds. The number of hydrogen-bond donors (Lipinski definition) is 1. The van der Waals surface area contributed by atoms with E-state index < -0.39 is 0 Å². The number of carbonyl (C=O) groups excluding carboxylic acids is 1. The molecule has 0 bridgehead atoms. The lowest BCUT2D eigenvalue weighted by Crippen LogP contribution is -2.13. The van der Waals surface area contributed by atoms with Crippen LogP contribution in [0.5, 0.6) is 0 Å². The summed E-state index contributed by atoms with van der Waals surface area (Å²) in [5, 5.41) is 7.34. The van der Waals surface area contributed by atoms with E-state index in [0.717, 1.165) is 0 Å². The van der Waals surface area contributed by atoms with Crippen molar-refractivity contribution in [1.82, 2.24) is 14.8 Å². The molecule has 27 heavy (non-hydrogen) atoms. The van der Waals surface area contributed by atoms with Crippen molar-refractivity contribution < 1.29 is 9.18 Å². The van der Waals surface area contributed by atoms with Crippen LogP contribution in [-0.4, -0.2) is 20.7 Å². The normalized spacial score (nSPS) is 10.7. The van der Waals surface area contributed by atoms with Crippen LogP contribution in [0.4, 0.5) is 10.1 Å². The van der Waals surface area contributed by atoms with Gasteiger partial charge in [0.2, 0.25) is 0 Å². The fraction of sp³-hybridized carbons (Fsp3) is 0. The predicted octanol–water partition coefficient (Wildman–Crippen LogP) is 5.04. The van der Waals surface area contributed by atoms with Crippen LogP contribution in [0.25, 0.3) is 16.1 Å². The zero-order chi connectivity index (χ0) is 18.8. The number of halogens is 2. The Labute approximate surface area is 163 Å². The van der Waals surface area contributed by atoms with Gasteiger partial charge in [0, 0.05) is 10.4 Å². The van der Waals surface area contributed by atoms with E-state index in [2.05, 4.69) is 15.4 Å². The van der Waals surface area contributed by atoms with Crippen LogP contribution in [0, 0.1) is 5.82 Å². The van der Waals surface area contributed by atoms with E-state index in [1.54, 1.807) is 48.5 Å². The third kappa shape index (κ3) is 3.47. The summed E-state index contributed by atoms with van der Waals surface area (Å²) in [7, 11) is 0. The van der Waals surface area contributed by atoms with Crippen LogP contribution in [0.2, 0.25) is 5.02 Å². The molecule has 0 aliphatic carbocycles. The highest BCUT2D eigenvalue weighted by atomic mass is 35.5. The number of hydrogen-bond acceptors (Lipinski definition) is 4. The van der Waals surface area contributed by atoms with Gasteiger partial charge in [-0.05, 0) is 30.3 Å². The summed E-state index contributed by atoms with van der Waals surface area (Å²) in [6.45, 7) is 0. The first-order valence-corrected chi connectivity index (χ1v) is 9.12. The van der Waals surface area contributed by atoms with Gasteiger partial charge in [-0.25, -0.2) is 14.1 Å². The number of anilines is 1. The lowest BCUT2D eigenvalue weighted by Gasteiger charge is -2.11. The SMILES string of the molecule is O=C(Nc1cccc(Cl)c1-n1cncn1)c1ccc(-c2ccccc2F)s1. The van der Waals surface area contributed by atoms with E-state index in [1.807, 2.05) is 0 Å². The van der Waals surface area contributed by atoms with Gasteiger partial charge in [-0.15, -0.1) is 11.3 Å².